The molecule has 19 heavy (non-hydrogen) atoms. The zero-order chi connectivity index (χ0) is 13.9. The van der Waals surface area contributed by atoms with Gasteiger partial charge in [0.15, 0.2) is 0 Å². The van der Waals surface area contributed by atoms with E-state index in [1.807, 2.05) is 0 Å². The molecule has 1 aliphatic rings. The summed E-state index contributed by atoms with van der Waals surface area (Å²) in [6, 6.07) is 4.35. The maximum absolute atomic E-state index is 13.1. The first-order valence-electron chi connectivity index (χ1n) is 6.42. The Hall–Kier alpha value is -0.940. The Morgan fingerprint density at radius 1 is 1.42 bits per heavy atom. The molecule has 1 saturated carbocycles. The van der Waals surface area contributed by atoms with Gasteiger partial charge >= 0.3 is 0 Å². The van der Waals surface area contributed by atoms with E-state index in [1.54, 1.807) is 6.07 Å². The molecule has 0 spiro atoms. The molecular weight excluding hydrogens is 313 g/mol. The van der Waals surface area contributed by atoms with E-state index in [9.17, 15) is 14.3 Å². The normalized spacial score (nSPS) is 17.4. The summed E-state index contributed by atoms with van der Waals surface area (Å²) in [4.78, 5) is 11.8. The van der Waals surface area contributed by atoms with Crippen molar-refractivity contribution in [1.82, 2.24) is 5.32 Å². The van der Waals surface area contributed by atoms with Crippen LogP contribution in [0.15, 0.2) is 22.7 Å². The van der Waals surface area contributed by atoms with Gasteiger partial charge in [0.2, 0.25) is 5.91 Å². The minimum Gasteiger partial charge on any atom is -0.389 e. The maximum atomic E-state index is 13.1. The number of hydrogen-bond donors (Lipinski definition) is 2. The summed E-state index contributed by atoms with van der Waals surface area (Å²) in [6.07, 6.45) is 3.44. The van der Waals surface area contributed by atoms with Gasteiger partial charge in [-0.3, -0.25) is 4.79 Å². The van der Waals surface area contributed by atoms with Gasteiger partial charge in [0.05, 0.1) is 12.0 Å². The lowest BCUT2D eigenvalue weighted by Crippen LogP contribution is -2.34. The smallest absolute Gasteiger partial charge is 0.223 e. The molecule has 0 atom stereocenters. The lowest BCUT2D eigenvalue weighted by Gasteiger charge is -2.21. The van der Waals surface area contributed by atoms with Gasteiger partial charge in [0, 0.05) is 11.0 Å². The number of carbonyl (C=O) groups is 1. The van der Waals surface area contributed by atoms with Crippen LogP contribution in [-0.2, 0) is 11.3 Å². The van der Waals surface area contributed by atoms with E-state index in [0.717, 1.165) is 17.3 Å². The zero-order valence-electron chi connectivity index (χ0n) is 10.6. The van der Waals surface area contributed by atoms with Crippen molar-refractivity contribution in [2.24, 2.45) is 0 Å². The Morgan fingerprint density at radius 2 is 2.11 bits per heavy atom. The first-order chi connectivity index (χ1) is 8.98. The number of hydrogen-bond acceptors (Lipinski definition) is 2. The molecule has 3 nitrogen and oxygen atoms in total. The average molecular weight is 330 g/mol. The molecule has 0 saturated heterocycles. The van der Waals surface area contributed by atoms with Crippen molar-refractivity contribution in [1.29, 1.82) is 0 Å². The fourth-order valence-electron chi connectivity index (χ4n) is 2.44. The predicted molar refractivity (Wildman–Crippen MR) is 74.0 cm³/mol. The van der Waals surface area contributed by atoms with E-state index in [0.29, 0.717) is 18.4 Å². The van der Waals surface area contributed by atoms with Gasteiger partial charge in [-0.1, -0.05) is 28.8 Å². The Bertz CT molecular complexity index is 473. The molecule has 1 aromatic carbocycles. The number of carbonyl (C=O) groups excluding carboxylic acids is 1. The van der Waals surface area contributed by atoms with Gasteiger partial charge in [-0.2, -0.15) is 0 Å². The van der Waals surface area contributed by atoms with Crippen LogP contribution in [0.4, 0.5) is 4.39 Å². The van der Waals surface area contributed by atoms with Gasteiger partial charge in [0.25, 0.3) is 0 Å². The lowest BCUT2D eigenvalue weighted by molar-refractivity contribution is -0.126. The van der Waals surface area contributed by atoms with Gasteiger partial charge < -0.3 is 10.4 Å². The second kappa shape index (κ2) is 6.01. The lowest BCUT2D eigenvalue weighted by atomic mass is 9.97. The highest BCUT2D eigenvalue weighted by Gasteiger charge is 2.33. The molecule has 0 bridgehead atoms. The van der Waals surface area contributed by atoms with Crippen LogP contribution in [0, 0.1) is 5.82 Å². The molecule has 1 amide bonds. The highest BCUT2D eigenvalue weighted by molar-refractivity contribution is 9.10. The van der Waals surface area contributed by atoms with Crippen LogP contribution in [0.1, 0.15) is 37.7 Å². The van der Waals surface area contributed by atoms with Crippen LogP contribution >= 0.6 is 15.9 Å². The number of halogens is 2. The van der Waals surface area contributed by atoms with Crippen molar-refractivity contribution < 1.29 is 14.3 Å². The molecule has 0 aliphatic heterocycles. The number of amides is 1. The molecule has 0 unspecified atom stereocenters. The number of nitrogens with one attached hydrogen (secondary N) is 1. The third kappa shape index (κ3) is 4.01. The Morgan fingerprint density at radius 3 is 2.79 bits per heavy atom. The van der Waals surface area contributed by atoms with Crippen LogP contribution in [-0.4, -0.2) is 16.6 Å². The molecule has 2 rings (SSSR count). The summed E-state index contributed by atoms with van der Waals surface area (Å²) in [5, 5.41) is 12.9. The van der Waals surface area contributed by atoms with E-state index >= 15 is 0 Å². The SMILES string of the molecule is O=C(CC1(O)CCCC1)NCc1cc(F)ccc1Br. The van der Waals surface area contributed by atoms with Gasteiger partial charge in [-0.05, 0) is 36.6 Å². The molecule has 104 valence electrons. The van der Waals surface area contributed by atoms with Crippen molar-refractivity contribution in [3.63, 3.8) is 0 Å². The predicted octanol–water partition coefficient (Wildman–Crippen LogP) is 2.90. The van der Waals surface area contributed by atoms with Crippen molar-refractivity contribution in [2.45, 2.75) is 44.2 Å². The minimum atomic E-state index is -0.844. The molecule has 0 heterocycles. The Kier molecular flexibility index (Phi) is 4.58. The van der Waals surface area contributed by atoms with E-state index in [4.69, 9.17) is 0 Å². The van der Waals surface area contributed by atoms with Crippen molar-refractivity contribution in [3.05, 3.63) is 34.1 Å². The Labute approximate surface area is 120 Å². The quantitative estimate of drug-likeness (QED) is 0.892. The third-order valence-electron chi connectivity index (χ3n) is 3.51. The first kappa shape index (κ1) is 14.5. The fraction of sp³-hybridized carbons (Fsp3) is 0.500. The monoisotopic (exact) mass is 329 g/mol. The number of rotatable bonds is 4. The summed E-state index contributed by atoms with van der Waals surface area (Å²) < 4.78 is 13.8. The van der Waals surface area contributed by atoms with Crippen LogP contribution in [0.3, 0.4) is 0 Å². The topological polar surface area (TPSA) is 49.3 Å². The molecule has 2 N–H and O–H groups in total. The molecule has 5 heteroatoms. The molecular formula is C14H17BrFNO2. The highest BCUT2D eigenvalue weighted by Crippen LogP contribution is 2.32. The number of benzene rings is 1. The van der Waals surface area contributed by atoms with Gasteiger partial charge in [-0.15, -0.1) is 0 Å². The van der Waals surface area contributed by atoms with Gasteiger partial charge in [-0.25, -0.2) is 4.39 Å². The van der Waals surface area contributed by atoms with E-state index in [2.05, 4.69) is 21.2 Å². The van der Waals surface area contributed by atoms with Crippen LogP contribution in [0.25, 0.3) is 0 Å². The van der Waals surface area contributed by atoms with Crippen molar-refractivity contribution in [3.8, 4) is 0 Å². The summed E-state index contributed by atoms with van der Waals surface area (Å²) in [6.45, 7) is 0.257. The van der Waals surface area contributed by atoms with E-state index in [-0.39, 0.29) is 24.7 Å². The molecule has 1 fully saturated rings. The summed E-state index contributed by atoms with van der Waals surface area (Å²) in [5.41, 5.74) is -0.157. The largest absolute Gasteiger partial charge is 0.389 e. The maximum Gasteiger partial charge on any atom is 0.223 e. The first-order valence-corrected chi connectivity index (χ1v) is 7.21. The van der Waals surface area contributed by atoms with E-state index in [1.165, 1.54) is 12.1 Å². The second-order valence-corrected chi connectivity index (χ2v) is 5.98. The Balaban J connectivity index is 1.88. The summed E-state index contributed by atoms with van der Waals surface area (Å²) in [5.74, 6) is -0.526. The second-order valence-electron chi connectivity index (χ2n) is 5.12. The van der Waals surface area contributed by atoms with Crippen molar-refractivity contribution >= 4 is 21.8 Å². The van der Waals surface area contributed by atoms with Crippen LogP contribution in [0.2, 0.25) is 0 Å². The third-order valence-corrected chi connectivity index (χ3v) is 4.28. The molecule has 1 aliphatic carbocycles. The number of aliphatic hydroxyl groups is 1. The van der Waals surface area contributed by atoms with Gasteiger partial charge in [0.1, 0.15) is 5.82 Å². The van der Waals surface area contributed by atoms with Crippen LogP contribution in [0.5, 0.6) is 0 Å². The average Bonchev–Trinajstić information content (AvgIpc) is 2.77. The summed E-state index contributed by atoms with van der Waals surface area (Å²) in [7, 11) is 0. The standard InChI is InChI=1S/C14H17BrFNO2/c15-12-4-3-11(16)7-10(12)9-17-13(18)8-14(19)5-1-2-6-14/h3-4,7,19H,1-2,5-6,8-9H2,(H,17,18). The summed E-state index contributed by atoms with van der Waals surface area (Å²) >= 11 is 3.31. The zero-order valence-corrected chi connectivity index (χ0v) is 12.2. The minimum absolute atomic E-state index is 0.125. The van der Waals surface area contributed by atoms with Crippen LogP contribution < -0.4 is 5.32 Å². The van der Waals surface area contributed by atoms with E-state index < -0.39 is 5.60 Å². The molecule has 0 aromatic heterocycles. The molecule has 0 radical (unpaired) electrons. The fourth-order valence-corrected chi connectivity index (χ4v) is 2.83. The van der Waals surface area contributed by atoms with Crippen molar-refractivity contribution in [2.75, 3.05) is 0 Å². The molecule has 1 aromatic rings. The highest BCUT2D eigenvalue weighted by atomic mass is 79.9.